The van der Waals surface area contributed by atoms with Gasteiger partial charge >= 0.3 is 0 Å². The highest BCUT2D eigenvalue weighted by atomic mass is 16.5. The SMILES string of the molecule is COC(C)(C)C(N)CCC(C)(C)C. The minimum Gasteiger partial charge on any atom is -0.377 e. The Bertz CT molecular complexity index is 147. The zero-order valence-corrected chi connectivity index (χ0v) is 9.98. The standard InChI is InChI=1S/C11H25NO/c1-10(2,3)8-7-9(12)11(4,5)13-6/h9H,7-8,12H2,1-6H3. The zero-order valence-electron chi connectivity index (χ0n) is 9.98. The van der Waals surface area contributed by atoms with Gasteiger partial charge in [-0.25, -0.2) is 0 Å². The van der Waals surface area contributed by atoms with Crippen LogP contribution in [0.1, 0.15) is 47.5 Å². The van der Waals surface area contributed by atoms with Gasteiger partial charge in [-0.2, -0.15) is 0 Å². The molecular weight excluding hydrogens is 162 g/mol. The van der Waals surface area contributed by atoms with E-state index in [-0.39, 0.29) is 11.6 Å². The van der Waals surface area contributed by atoms with Crippen molar-refractivity contribution in [2.24, 2.45) is 11.1 Å². The van der Waals surface area contributed by atoms with E-state index in [2.05, 4.69) is 20.8 Å². The molecule has 0 aromatic carbocycles. The fourth-order valence-corrected chi connectivity index (χ4v) is 1.09. The van der Waals surface area contributed by atoms with Gasteiger partial charge in [0.05, 0.1) is 5.60 Å². The summed E-state index contributed by atoms with van der Waals surface area (Å²) < 4.78 is 5.34. The van der Waals surface area contributed by atoms with Crippen LogP contribution in [-0.4, -0.2) is 18.8 Å². The third-order valence-corrected chi connectivity index (χ3v) is 2.62. The van der Waals surface area contributed by atoms with Crippen LogP contribution in [0.3, 0.4) is 0 Å². The van der Waals surface area contributed by atoms with Gasteiger partial charge in [-0.3, -0.25) is 0 Å². The lowest BCUT2D eigenvalue weighted by molar-refractivity contribution is -0.00383. The highest BCUT2D eigenvalue weighted by Gasteiger charge is 2.26. The summed E-state index contributed by atoms with van der Waals surface area (Å²) in [5.74, 6) is 0. The van der Waals surface area contributed by atoms with Crippen LogP contribution in [0.15, 0.2) is 0 Å². The Hall–Kier alpha value is -0.0800. The van der Waals surface area contributed by atoms with E-state index in [9.17, 15) is 0 Å². The van der Waals surface area contributed by atoms with E-state index in [1.54, 1.807) is 7.11 Å². The van der Waals surface area contributed by atoms with Crippen LogP contribution >= 0.6 is 0 Å². The molecule has 0 aliphatic rings. The van der Waals surface area contributed by atoms with Crippen molar-refractivity contribution in [3.05, 3.63) is 0 Å². The monoisotopic (exact) mass is 187 g/mol. The van der Waals surface area contributed by atoms with Crippen LogP contribution in [0, 0.1) is 5.41 Å². The Balaban J connectivity index is 3.95. The average molecular weight is 187 g/mol. The maximum Gasteiger partial charge on any atom is 0.0772 e. The van der Waals surface area contributed by atoms with Crippen LogP contribution in [0.2, 0.25) is 0 Å². The molecule has 1 atom stereocenters. The van der Waals surface area contributed by atoms with Gasteiger partial charge in [0, 0.05) is 13.2 Å². The van der Waals surface area contributed by atoms with Gasteiger partial charge in [-0.15, -0.1) is 0 Å². The Morgan fingerprint density at radius 1 is 1.15 bits per heavy atom. The van der Waals surface area contributed by atoms with Crippen molar-refractivity contribution in [2.75, 3.05) is 7.11 Å². The average Bonchev–Trinajstić information content (AvgIpc) is 1.98. The van der Waals surface area contributed by atoms with Gasteiger partial charge in [-0.1, -0.05) is 20.8 Å². The minimum atomic E-state index is -0.203. The Kier molecular flexibility index (Phi) is 4.40. The lowest BCUT2D eigenvalue weighted by Gasteiger charge is -2.32. The fourth-order valence-electron chi connectivity index (χ4n) is 1.09. The molecule has 0 heterocycles. The Labute approximate surface area is 82.8 Å². The van der Waals surface area contributed by atoms with Gasteiger partial charge in [0.1, 0.15) is 0 Å². The van der Waals surface area contributed by atoms with Crippen molar-refractivity contribution in [3.63, 3.8) is 0 Å². The summed E-state index contributed by atoms with van der Waals surface area (Å²) in [4.78, 5) is 0. The van der Waals surface area contributed by atoms with Gasteiger partial charge < -0.3 is 10.5 Å². The summed E-state index contributed by atoms with van der Waals surface area (Å²) in [6.45, 7) is 10.8. The summed E-state index contributed by atoms with van der Waals surface area (Å²) in [5.41, 5.74) is 6.20. The highest BCUT2D eigenvalue weighted by Crippen LogP contribution is 2.24. The molecule has 0 fully saturated rings. The molecule has 0 saturated heterocycles. The van der Waals surface area contributed by atoms with E-state index in [0.717, 1.165) is 12.8 Å². The molecule has 2 heteroatoms. The minimum absolute atomic E-state index is 0.122. The predicted octanol–water partition coefficient (Wildman–Crippen LogP) is 2.57. The van der Waals surface area contributed by atoms with E-state index in [1.807, 2.05) is 13.8 Å². The normalized spacial score (nSPS) is 15.9. The third-order valence-electron chi connectivity index (χ3n) is 2.62. The van der Waals surface area contributed by atoms with E-state index in [4.69, 9.17) is 10.5 Å². The van der Waals surface area contributed by atoms with Crippen LogP contribution in [-0.2, 0) is 4.74 Å². The zero-order chi connectivity index (χ0) is 10.7. The molecule has 13 heavy (non-hydrogen) atoms. The van der Waals surface area contributed by atoms with E-state index in [0.29, 0.717) is 5.41 Å². The first-order valence-corrected chi connectivity index (χ1v) is 5.00. The second kappa shape index (κ2) is 4.43. The Morgan fingerprint density at radius 3 is 1.92 bits per heavy atom. The first-order valence-electron chi connectivity index (χ1n) is 5.00. The fraction of sp³-hybridized carbons (Fsp3) is 1.00. The number of nitrogens with two attached hydrogens (primary N) is 1. The van der Waals surface area contributed by atoms with Crippen LogP contribution in [0.5, 0.6) is 0 Å². The molecule has 2 N–H and O–H groups in total. The molecule has 0 aromatic heterocycles. The molecule has 0 bridgehead atoms. The first kappa shape index (κ1) is 12.9. The summed E-state index contributed by atoms with van der Waals surface area (Å²) >= 11 is 0. The highest BCUT2D eigenvalue weighted by molar-refractivity contribution is 4.83. The lowest BCUT2D eigenvalue weighted by atomic mass is 9.85. The van der Waals surface area contributed by atoms with Crippen molar-refractivity contribution < 1.29 is 4.74 Å². The quantitative estimate of drug-likeness (QED) is 0.734. The van der Waals surface area contributed by atoms with Gasteiger partial charge in [-0.05, 0) is 32.1 Å². The van der Waals surface area contributed by atoms with Gasteiger partial charge in [0.2, 0.25) is 0 Å². The molecular formula is C11H25NO. The van der Waals surface area contributed by atoms with E-state index < -0.39 is 0 Å². The topological polar surface area (TPSA) is 35.2 Å². The number of ether oxygens (including phenoxy) is 1. The lowest BCUT2D eigenvalue weighted by Crippen LogP contribution is -2.45. The molecule has 0 saturated carbocycles. The van der Waals surface area contributed by atoms with E-state index >= 15 is 0 Å². The van der Waals surface area contributed by atoms with Gasteiger partial charge in [0.15, 0.2) is 0 Å². The molecule has 0 radical (unpaired) electrons. The van der Waals surface area contributed by atoms with Crippen molar-refractivity contribution in [1.29, 1.82) is 0 Å². The number of methoxy groups -OCH3 is 1. The maximum absolute atomic E-state index is 6.04. The molecule has 0 amide bonds. The summed E-state index contributed by atoms with van der Waals surface area (Å²) in [6.07, 6.45) is 2.16. The molecule has 0 spiro atoms. The molecule has 2 nitrogen and oxygen atoms in total. The molecule has 0 rings (SSSR count). The van der Waals surface area contributed by atoms with Crippen molar-refractivity contribution in [1.82, 2.24) is 0 Å². The van der Waals surface area contributed by atoms with Crippen molar-refractivity contribution >= 4 is 0 Å². The van der Waals surface area contributed by atoms with E-state index in [1.165, 1.54) is 0 Å². The third kappa shape index (κ3) is 5.27. The number of hydrogen-bond donors (Lipinski definition) is 1. The van der Waals surface area contributed by atoms with Crippen molar-refractivity contribution in [3.8, 4) is 0 Å². The van der Waals surface area contributed by atoms with Crippen molar-refractivity contribution in [2.45, 2.75) is 59.1 Å². The first-order chi connectivity index (χ1) is 5.69. The molecule has 0 aliphatic heterocycles. The second-order valence-corrected chi connectivity index (χ2v) is 5.51. The second-order valence-electron chi connectivity index (χ2n) is 5.51. The largest absolute Gasteiger partial charge is 0.377 e. The van der Waals surface area contributed by atoms with Crippen LogP contribution in [0.4, 0.5) is 0 Å². The maximum atomic E-state index is 6.04. The Morgan fingerprint density at radius 2 is 1.62 bits per heavy atom. The molecule has 1 unspecified atom stereocenters. The molecule has 80 valence electrons. The smallest absolute Gasteiger partial charge is 0.0772 e. The number of hydrogen-bond acceptors (Lipinski definition) is 2. The summed E-state index contributed by atoms with van der Waals surface area (Å²) in [5, 5.41) is 0. The van der Waals surface area contributed by atoms with Crippen LogP contribution in [0.25, 0.3) is 0 Å². The summed E-state index contributed by atoms with van der Waals surface area (Å²) in [6, 6.07) is 0.122. The summed E-state index contributed by atoms with van der Waals surface area (Å²) in [7, 11) is 1.72. The predicted molar refractivity (Wildman–Crippen MR) is 57.8 cm³/mol. The molecule has 0 aliphatic carbocycles. The molecule has 0 aromatic rings. The number of rotatable bonds is 4. The van der Waals surface area contributed by atoms with Gasteiger partial charge in [0.25, 0.3) is 0 Å². The van der Waals surface area contributed by atoms with Crippen LogP contribution < -0.4 is 5.73 Å².